The predicted molar refractivity (Wildman–Crippen MR) is 94.8 cm³/mol. The molecule has 0 atom stereocenters. The Hall–Kier alpha value is -2.09. The second kappa shape index (κ2) is 6.57. The van der Waals surface area contributed by atoms with E-state index < -0.39 is 0 Å². The molecule has 3 aliphatic heterocycles. The third-order valence-electron chi connectivity index (χ3n) is 6.04. The largest absolute Gasteiger partial charge is 0.381 e. The Morgan fingerprint density at radius 2 is 1.92 bits per heavy atom. The Labute approximate surface area is 153 Å². The Morgan fingerprint density at radius 3 is 2.54 bits per heavy atom. The van der Waals surface area contributed by atoms with Crippen LogP contribution in [0.1, 0.15) is 36.2 Å². The van der Waals surface area contributed by atoms with Gasteiger partial charge in [0.15, 0.2) is 0 Å². The van der Waals surface area contributed by atoms with E-state index in [4.69, 9.17) is 4.74 Å². The number of urea groups is 1. The molecule has 0 saturated carbocycles. The summed E-state index contributed by atoms with van der Waals surface area (Å²) in [5, 5.41) is 0. The molecule has 0 aliphatic carbocycles. The maximum Gasteiger partial charge on any atom is 0.320 e. The van der Waals surface area contributed by atoms with E-state index in [0.29, 0.717) is 32.0 Å². The molecule has 0 unspecified atom stereocenters. The third-order valence-corrected chi connectivity index (χ3v) is 6.04. The molecule has 142 valence electrons. The van der Waals surface area contributed by atoms with E-state index in [2.05, 4.69) is 9.88 Å². The van der Waals surface area contributed by atoms with Crippen molar-refractivity contribution in [1.29, 1.82) is 0 Å². The van der Waals surface area contributed by atoms with Gasteiger partial charge in [-0.2, -0.15) is 0 Å². The number of imidazole rings is 1. The van der Waals surface area contributed by atoms with Gasteiger partial charge in [0.25, 0.3) is 5.91 Å². The number of rotatable bonds is 2. The summed E-state index contributed by atoms with van der Waals surface area (Å²) in [7, 11) is 3.75. The standard InChI is InChI=1S/C18H27N5O3/c1-20-11-15(19-13-20)16(24)22-7-3-14(4-8-22)23-17(25)21(2)12-18(23)5-9-26-10-6-18/h11,13-14H,3-10,12H2,1-2H3. The molecule has 1 spiro atoms. The monoisotopic (exact) mass is 361 g/mol. The van der Waals surface area contributed by atoms with Crippen molar-refractivity contribution in [3.05, 3.63) is 18.2 Å². The number of carbonyl (C=O) groups is 2. The molecule has 0 bridgehead atoms. The van der Waals surface area contributed by atoms with Gasteiger partial charge in [-0.05, 0) is 25.7 Å². The molecule has 0 N–H and O–H groups in total. The van der Waals surface area contributed by atoms with Gasteiger partial charge in [0, 0.05) is 59.2 Å². The average Bonchev–Trinajstić information content (AvgIpc) is 3.17. The van der Waals surface area contributed by atoms with E-state index in [-0.39, 0.29) is 23.5 Å². The van der Waals surface area contributed by atoms with Crippen LogP contribution in [0.2, 0.25) is 0 Å². The van der Waals surface area contributed by atoms with Gasteiger partial charge < -0.3 is 24.0 Å². The number of hydrogen-bond acceptors (Lipinski definition) is 4. The second-order valence-electron chi connectivity index (χ2n) is 7.79. The number of aromatic nitrogens is 2. The highest BCUT2D eigenvalue weighted by Gasteiger charge is 2.52. The number of nitrogens with zero attached hydrogens (tertiary/aromatic N) is 5. The number of amides is 3. The Balaban J connectivity index is 1.45. The number of hydrogen-bond donors (Lipinski definition) is 0. The topological polar surface area (TPSA) is 70.9 Å². The first kappa shape index (κ1) is 17.3. The summed E-state index contributed by atoms with van der Waals surface area (Å²) in [4.78, 5) is 35.4. The number of carbonyl (C=O) groups excluding carboxylic acids is 2. The Kier molecular flexibility index (Phi) is 4.38. The van der Waals surface area contributed by atoms with Gasteiger partial charge in [0.05, 0.1) is 11.9 Å². The van der Waals surface area contributed by atoms with Crippen molar-refractivity contribution in [2.75, 3.05) is 39.9 Å². The summed E-state index contributed by atoms with van der Waals surface area (Å²) in [6, 6.07) is 0.319. The molecule has 3 aliphatic rings. The van der Waals surface area contributed by atoms with E-state index in [0.717, 1.165) is 32.2 Å². The normalized spacial score (nSPS) is 23.9. The van der Waals surface area contributed by atoms with E-state index in [9.17, 15) is 9.59 Å². The number of piperidine rings is 1. The highest BCUT2D eigenvalue weighted by Crippen LogP contribution is 2.38. The Morgan fingerprint density at radius 1 is 1.23 bits per heavy atom. The van der Waals surface area contributed by atoms with Crippen LogP contribution in [0.4, 0.5) is 4.79 Å². The van der Waals surface area contributed by atoms with Crippen LogP contribution in [0.25, 0.3) is 0 Å². The lowest BCUT2D eigenvalue weighted by Crippen LogP contribution is -2.57. The highest BCUT2D eigenvalue weighted by molar-refractivity contribution is 5.92. The lowest BCUT2D eigenvalue weighted by Gasteiger charge is -2.46. The predicted octanol–water partition coefficient (Wildman–Crippen LogP) is 0.941. The summed E-state index contributed by atoms with van der Waals surface area (Å²) in [5.74, 6) is -0.0188. The van der Waals surface area contributed by atoms with Crippen LogP contribution < -0.4 is 0 Å². The Bertz CT molecular complexity index is 689. The van der Waals surface area contributed by atoms with Crippen LogP contribution in [-0.4, -0.2) is 87.7 Å². The number of ether oxygens (including phenoxy) is 1. The molecule has 8 nitrogen and oxygen atoms in total. The molecular formula is C18H27N5O3. The summed E-state index contributed by atoms with van der Waals surface area (Å²) in [6.45, 7) is 3.55. The number of likely N-dealkylation sites (tertiary alicyclic amines) is 1. The molecule has 1 aromatic heterocycles. The quantitative estimate of drug-likeness (QED) is 0.786. The van der Waals surface area contributed by atoms with Crippen molar-refractivity contribution in [3.63, 3.8) is 0 Å². The zero-order valence-corrected chi connectivity index (χ0v) is 15.6. The summed E-state index contributed by atoms with van der Waals surface area (Å²) in [5.41, 5.74) is 0.394. The maximum absolute atomic E-state index is 12.8. The SMILES string of the molecule is CN1CC2(CCOCC2)N(C2CCN(C(=O)c3cn(C)cn3)CC2)C1=O. The van der Waals surface area contributed by atoms with Crippen LogP contribution in [0.3, 0.4) is 0 Å². The number of likely N-dealkylation sites (N-methyl/N-ethyl adjacent to an activating group) is 1. The van der Waals surface area contributed by atoms with E-state index in [1.165, 1.54) is 0 Å². The van der Waals surface area contributed by atoms with E-state index in [1.54, 1.807) is 17.1 Å². The van der Waals surface area contributed by atoms with Crippen LogP contribution >= 0.6 is 0 Å². The lowest BCUT2D eigenvalue weighted by molar-refractivity contribution is -0.0151. The fourth-order valence-electron chi connectivity index (χ4n) is 4.68. The van der Waals surface area contributed by atoms with Crippen LogP contribution in [-0.2, 0) is 11.8 Å². The minimum Gasteiger partial charge on any atom is -0.381 e. The lowest BCUT2D eigenvalue weighted by atomic mass is 9.86. The van der Waals surface area contributed by atoms with Crippen molar-refractivity contribution in [3.8, 4) is 0 Å². The minimum absolute atomic E-state index is 0.0188. The van der Waals surface area contributed by atoms with E-state index >= 15 is 0 Å². The zero-order valence-electron chi connectivity index (χ0n) is 15.6. The van der Waals surface area contributed by atoms with Crippen molar-refractivity contribution in [1.82, 2.24) is 24.3 Å². The molecule has 4 heterocycles. The molecular weight excluding hydrogens is 334 g/mol. The van der Waals surface area contributed by atoms with Crippen molar-refractivity contribution >= 4 is 11.9 Å². The molecule has 4 rings (SSSR count). The summed E-state index contributed by atoms with van der Waals surface area (Å²) in [6.07, 6.45) is 6.84. The van der Waals surface area contributed by atoms with Crippen molar-refractivity contribution < 1.29 is 14.3 Å². The molecule has 0 radical (unpaired) electrons. The first-order valence-electron chi connectivity index (χ1n) is 9.40. The van der Waals surface area contributed by atoms with Gasteiger partial charge >= 0.3 is 6.03 Å². The van der Waals surface area contributed by atoms with Gasteiger partial charge in [0.1, 0.15) is 5.69 Å². The van der Waals surface area contributed by atoms with Gasteiger partial charge in [0.2, 0.25) is 0 Å². The number of aryl methyl sites for hydroxylation is 1. The third kappa shape index (κ3) is 2.86. The minimum atomic E-state index is -0.0953. The second-order valence-corrected chi connectivity index (χ2v) is 7.79. The average molecular weight is 361 g/mol. The van der Waals surface area contributed by atoms with Gasteiger partial charge in [-0.1, -0.05) is 0 Å². The fraction of sp³-hybridized carbons (Fsp3) is 0.722. The summed E-state index contributed by atoms with van der Waals surface area (Å²) < 4.78 is 7.33. The smallest absolute Gasteiger partial charge is 0.320 e. The van der Waals surface area contributed by atoms with Crippen LogP contribution in [0.5, 0.6) is 0 Å². The first-order chi connectivity index (χ1) is 12.5. The molecule has 1 aromatic rings. The molecule has 0 aromatic carbocycles. The van der Waals surface area contributed by atoms with Gasteiger partial charge in [-0.15, -0.1) is 0 Å². The van der Waals surface area contributed by atoms with Gasteiger partial charge in [-0.3, -0.25) is 4.79 Å². The first-order valence-corrected chi connectivity index (χ1v) is 9.40. The highest BCUT2D eigenvalue weighted by atomic mass is 16.5. The summed E-state index contributed by atoms with van der Waals surface area (Å²) >= 11 is 0. The fourth-order valence-corrected chi connectivity index (χ4v) is 4.68. The molecule has 3 amide bonds. The van der Waals surface area contributed by atoms with Crippen LogP contribution in [0, 0.1) is 0 Å². The molecule has 3 fully saturated rings. The van der Waals surface area contributed by atoms with Crippen molar-refractivity contribution in [2.24, 2.45) is 7.05 Å². The van der Waals surface area contributed by atoms with E-state index in [1.807, 2.05) is 23.9 Å². The van der Waals surface area contributed by atoms with Gasteiger partial charge in [-0.25, -0.2) is 9.78 Å². The van der Waals surface area contributed by atoms with Crippen LogP contribution in [0.15, 0.2) is 12.5 Å². The molecule has 3 saturated heterocycles. The zero-order chi connectivity index (χ0) is 18.3. The molecule has 8 heteroatoms. The maximum atomic E-state index is 12.8. The van der Waals surface area contributed by atoms with Crippen molar-refractivity contribution in [2.45, 2.75) is 37.3 Å². The molecule has 26 heavy (non-hydrogen) atoms.